The summed E-state index contributed by atoms with van der Waals surface area (Å²) in [7, 11) is 0. The summed E-state index contributed by atoms with van der Waals surface area (Å²) in [6.07, 6.45) is 1.40. The number of para-hydroxylation sites is 1. The Hall–Kier alpha value is -2.97. The van der Waals surface area contributed by atoms with E-state index in [2.05, 4.69) is 42.4 Å². The molecule has 0 radical (unpaired) electrons. The number of aryl methyl sites for hydroxylation is 2. The molecule has 0 heterocycles. The van der Waals surface area contributed by atoms with Gasteiger partial charge in [-0.2, -0.15) is 5.10 Å². The number of carbonyl (C=O) groups excluding carboxylic acids is 2. The third-order valence-corrected chi connectivity index (χ3v) is 5.38. The quantitative estimate of drug-likeness (QED) is 0.177. The molecular weight excluding hydrogens is 540 g/mol. The maximum Gasteiger partial charge on any atom is 0.343 e. The van der Waals surface area contributed by atoms with Gasteiger partial charge in [0.15, 0.2) is 12.4 Å². The molecule has 32 heavy (non-hydrogen) atoms. The second-order valence-electron chi connectivity index (χ2n) is 6.91. The normalized spacial score (nSPS) is 10.8. The van der Waals surface area contributed by atoms with Crippen molar-refractivity contribution in [1.82, 2.24) is 5.43 Å². The SMILES string of the molecule is Cc1cccc(C(=O)Oc2c(Br)cc(Br)cc2C=NNC(=O)COc2ccccc2C)c1. The average Bonchev–Trinajstić information content (AvgIpc) is 2.75. The Morgan fingerprint density at radius 1 is 1.03 bits per heavy atom. The number of ether oxygens (including phenoxy) is 2. The van der Waals surface area contributed by atoms with Crippen LogP contribution in [-0.2, 0) is 4.79 Å². The highest BCUT2D eigenvalue weighted by molar-refractivity contribution is 9.11. The molecule has 0 bridgehead atoms. The van der Waals surface area contributed by atoms with E-state index in [0.29, 0.717) is 21.3 Å². The lowest BCUT2D eigenvalue weighted by molar-refractivity contribution is -0.123. The van der Waals surface area contributed by atoms with Crippen LogP contribution < -0.4 is 14.9 Å². The van der Waals surface area contributed by atoms with Crippen molar-refractivity contribution in [3.63, 3.8) is 0 Å². The Morgan fingerprint density at radius 3 is 2.56 bits per heavy atom. The van der Waals surface area contributed by atoms with Crippen molar-refractivity contribution in [2.24, 2.45) is 5.10 Å². The van der Waals surface area contributed by atoms with Crippen LogP contribution in [0.4, 0.5) is 0 Å². The zero-order valence-electron chi connectivity index (χ0n) is 17.4. The van der Waals surface area contributed by atoms with Crippen LogP contribution in [0.5, 0.6) is 11.5 Å². The van der Waals surface area contributed by atoms with Gasteiger partial charge in [0.05, 0.1) is 16.3 Å². The number of hydrogen-bond acceptors (Lipinski definition) is 5. The largest absolute Gasteiger partial charge is 0.483 e. The second kappa shape index (κ2) is 11.1. The Kier molecular flexibility index (Phi) is 8.19. The summed E-state index contributed by atoms with van der Waals surface area (Å²) in [5.41, 5.74) is 5.23. The monoisotopic (exact) mass is 558 g/mol. The van der Waals surface area contributed by atoms with Gasteiger partial charge in [-0.3, -0.25) is 4.79 Å². The zero-order chi connectivity index (χ0) is 23.1. The van der Waals surface area contributed by atoms with Gasteiger partial charge in [0.25, 0.3) is 5.91 Å². The number of hydrazone groups is 1. The third-order valence-electron chi connectivity index (χ3n) is 4.33. The van der Waals surface area contributed by atoms with Gasteiger partial charge in [-0.05, 0) is 65.7 Å². The van der Waals surface area contributed by atoms with E-state index < -0.39 is 11.9 Å². The minimum absolute atomic E-state index is 0.181. The first-order chi connectivity index (χ1) is 15.3. The fraction of sp³-hybridized carbons (Fsp3) is 0.125. The molecule has 0 unspecified atom stereocenters. The summed E-state index contributed by atoms with van der Waals surface area (Å²) in [4.78, 5) is 24.7. The van der Waals surface area contributed by atoms with E-state index in [-0.39, 0.29) is 12.4 Å². The van der Waals surface area contributed by atoms with E-state index in [1.807, 2.05) is 38.1 Å². The van der Waals surface area contributed by atoms with E-state index in [9.17, 15) is 9.59 Å². The Bertz CT molecular complexity index is 1180. The lowest BCUT2D eigenvalue weighted by Gasteiger charge is -2.11. The summed E-state index contributed by atoms with van der Waals surface area (Å²) < 4.78 is 12.4. The van der Waals surface area contributed by atoms with Gasteiger partial charge in [-0.15, -0.1) is 0 Å². The standard InChI is InChI=1S/C24H20Br2N2O4/c1-15-6-5-8-17(10-15)24(30)32-23-18(11-19(25)12-20(23)26)13-27-28-22(29)14-31-21-9-4-3-7-16(21)2/h3-13H,14H2,1-2H3,(H,28,29). The molecule has 0 fully saturated rings. The van der Waals surface area contributed by atoms with Crippen molar-refractivity contribution in [3.05, 3.63) is 91.9 Å². The lowest BCUT2D eigenvalue weighted by Crippen LogP contribution is -2.24. The van der Waals surface area contributed by atoms with Crippen molar-refractivity contribution in [2.45, 2.75) is 13.8 Å². The molecule has 0 aliphatic rings. The van der Waals surface area contributed by atoms with Gasteiger partial charge < -0.3 is 9.47 Å². The molecule has 0 saturated carbocycles. The average molecular weight is 560 g/mol. The molecule has 0 atom stereocenters. The highest BCUT2D eigenvalue weighted by Gasteiger charge is 2.15. The predicted octanol–water partition coefficient (Wildman–Crippen LogP) is 5.58. The van der Waals surface area contributed by atoms with E-state index in [1.54, 1.807) is 36.4 Å². The molecule has 6 nitrogen and oxygen atoms in total. The number of amides is 1. The molecule has 8 heteroatoms. The molecule has 0 spiro atoms. The summed E-state index contributed by atoms with van der Waals surface area (Å²) in [5, 5.41) is 3.98. The van der Waals surface area contributed by atoms with Crippen LogP contribution in [0, 0.1) is 13.8 Å². The van der Waals surface area contributed by atoms with Crippen LogP contribution in [0.25, 0.3) is 0 Å². The van der Waals surface area contributed by atoms with E-state index in [1.165, 1.54) is 6.21 Å². The summed E-state index contributed by atoms with van der Waals surface area (Å²) >= 11 is 6.82. The van der Waals surface area contributed by atoms with Gasteiger partial charge in [0.1, 0.15) is 5.75 Å². The predicted molar refractivity (Wildman–Crippen MR) is 130 cm³/mol. The minimum Gasteiger partial charge on any atom is -0.483 e. The van der Waals surface area contributed by atoms with Crippen LogP contribution in [0.15, 0.2) is 74.7 Å². The fourth-order valence-corrected chi connectivity index (χ4v) is 4.11. The van der Waals surface area contributed by atoms with Crippen LogP contribution in [0.2, 0.25) is 0 Å². The highest BCUT2D eigenvalue weighted by Crippen LogP contribution is 2.32. The second-order valence-corrected chi connectivity index (χ2v) is 8.68. The van der Waals surface area contributed by atoms with Crippen molar-refractivity contribution in [1.29, 1.82) is 0 Å². The number of halogens is 2. The highest BCUT2D eigenvalue weighted by atomic mass is 79.9. The molecule has 0 aliphatic carbocycles. The van der Waals surface area contributed by atoms with Gasteiger partial charge in [-0.25, -0.2) is 10.2 Å². The summed E-state index contributed by atoms with van der Waals surface area (Å²) in [5.74, 6) is 0.000623. The van der Waals surface area contributed by atoms with Crippen molar-refractivity contribution < 1.29 is 19.1 Å². The first-order valence-electron chi connectivity index (χ1n) is 9.61. The van der Waals surface area contributed by atoms with Crippen LogP contribution in [0.1, 0.15) is 27.0 Å². The number of esters is 1. The first-order valence-corrected chi connectivity index (χ1v) is 11.2. The number of nitrogens with one attached hydrogen (secondary N) is 1. The molecule has 1 amide bonds. The summed E-state index contributed by atoms with van der Waals surface area (Å²) in [6, 6.07) is 18.0. The zero-order valence-corrected chi connectivity index (χ0v) is 20.6. The van der Waals surface area contributed by atoms with Crippen LogP contribution in [0.3, 0.4) is 0 Å². The number of nitrogens with zero attached hydrogens (tertiary/aromatic N) is 1. The molecule has 1 N–H and O–H groups in total. The Labute approximate surface area is 202 Å². The van der Waals surface area contributed by atoms with E-state index in [0.717, 1.165) is 15.6 Å². The number of benzene rings is 3. The van der Waals surface area contributed by atoms with Crippen molar-refractivity contribution in [3.8, 4) is 11.5 Å². The Morgan fingerprint density at radius 2 is 1.81 bits per heavy atom. The van der Waals surface area contributed by atoms with Gasteiger partial charge in [0, 0.05) is 10.0 Å². The lowest BCUT2D eigenvalue weighted by atomic mass is 10.1. The number of hydrogen-bond donors (Lipinski definition) is 1. The fourth-order valence-electron chi connectivity index (χ4n) is 2.78. The van der Waals surface area contributed by atoms with Crippen molar-refractivity contribution >= 4 is 50.0 Å². The van der Waals surface area contributed by atoms with Gasteiger partial charge in [0.2, 0.25) is 0 Å². The topological polar surface area (TPSA) is 77.0 Å². The first kappa shape index (κ1) is 23.7. The molecule has 3 aromatic carbocycles. The van der Waals surface area contributed by atoms with E-state index in [4.69, 9.17) is 9.47 Å². The van der Waals surface area contributed by atoms with Crippen LogP contribution in [-0.4, -0.2) is 24.7 Å². The van der Waals surface area contributed by atoms with Crippen LogP contribution >= 0.6 is 31.9 Å². The summed E-state index contributed by atoms with van der Waals surface area (Å²) in [6.45, 7) is 3.62. The maximum atomic E-state index is 12.6. The maximum absolute atomic E-state index is 12.6. The third kappa shape index (κ3) is 6.51. The molecule has 3 rings (SSSR count). The molecule has 3 aromatic rings. The molecule has 0 aliphatic heterocycles. The minimum atomic E-state index is -0.498. The van der Waals surface area contributed by atoms with Gasteiger partial charge >= 0.3 is 5.97 Å². The smallest absolute Gasteiger partial charge is 0.343 e. The molecule has 0 aromatic heterocycles. The number of rotatable bonds is 7. The molecule has 164 valence electrons. The molecule has 0 saturated heterocycles. The van der Waals surface area contributed by atoms with Gasteiger partial charge in [-0.1, -0.05) is 51.8 Å². The number of carbonyl (C=O) groups is 2. The molecular formula is C24H20Br2N2O4. The van der Waals surface area contributed by atoms with Crippen molar-refractivity contribution in [2.75, 3.05) is 6.61 Å². The Balaban J connectivity index is 1.69. The van der Waals surface area contributed by atoms with E-state index >= 15 is 0 Å².